The van der Waals surface area contributed by atoms with Gasteiger partial charge in [0.25, 0.3) is 5.91 Å². The lowest BCUT2D eigenvalue weighted by Crippen LogP contribution is -2.31. The number of aromatic nitrogens is 1. The highest BCUT2D eigenvalue weighted by atomic mass is 35.5. The first-order valence-corrected chi connectivity index (χ1v) is 7.60. The number of carbonyl (C=O) groups is 1. The maximum atomic E-state index is 12.6. The lowest BCUT2D eigenvalue weighted by atomic mass is 10.00. The fourth-order valence-corrected chi connectivity index (χ4v) is 3.67. The highest BCUT2D eigenvalue weighted by molar-refractivity contribution is 6.29. The Hall–Kier alpha value is -1.13. The summed E-state index contributed by atoms with van der Waals surface area (Å²) in [6.07, 6.45) is 2.40. The maximum absolute atomic E-state index is 12.6. The van der Waals surface area contributed by atoms with E-state index in [4.69, 9.17) is 11.6 Å². The summed E-state index contributed by atoms with van der Waals surface area (Å²) in [7, 11) is 0. The molecule has 1 aliphatic carbocycles. The number of likely N-dealkylation sites (tertiary alicyclic amines) is 1. The van der Waals surface area contributed by atoms with Crippen LogP contribution in [0.5, 0.6) is 0 Å². The molecule has 20 heavy (non-hydrogen) atoms. The first-order valence-electron chi connectivity index (χ1n) is 7.22. The summed E-state index contributed by atoms with van der Waals surface area (Å²) in [5.41, 5.74) is 1.44. The molecule has 0 aromatic carbocycles. The number of hydrogen-bond donors (Lipinski definition) is 1. The van der Waals surface area contributed by atoms with Crippen LogP contribution in [0.15, 0.2) is 12.1 Å². The van der Waals surface area contributed by atoms with Gasteiger partial charge in [0.1, 0.15) is 5.15 Å². The van der Waals surface area contributed by atoms with Crippen LogP contribution >= 0.6 is 11.6 Å². The number of pyridine rings is 1. The normalized spacial score (nSPS) is 28.8. The molecule has 1 aromatic rings. The summed E-state index contributed by atoms with van der Waals surface area (Å²) >= 11 is 5.98. The van der Waals surface area contributed by atoms with Gasteiger partial charge in [0.15, 0.2) is 0 Å². The van der Waals surface area contributed by atoms with Crippen molar-refractivity contribution in [2.75, 3.05) is 13.1 Å². The largest absolute Gasteiger partial charge is 0.393 e. The molecule has 3 rings (SSSR count). The Kier molecular flexibility index (Phi) is 3.69. The van der Waals surface area contributed by atoms with Gasteiger partial charge in [-0.3, -0.25) is 4.79 Å². The van der Waals surface area contributed by atoms with Crippen LogP contribution in [0.3, 0.4) is 0 Å². The highest BCUT2D eigenvalue weighted by Crippen LogP contribution is 2.38. The van der Waals surface area contributed by atoms with Crippen molar-refractivity contribution in [2.24, 2.45) is 11.8 Å². The minimum atomic E-state index is -0.245. The quantitative estimate of drug-likeness (QED) is 0.850. The maximum Gasteiger partial charge on any atom is 0.254 e. The van der Waals surface area contributed by atoms with Crippen LogP contribution < -0.4 is 0 Å². The first-order chi connectivity index (χ1) is 9.58. The van der Waals surface area contributed by atoms with Crippen molar-refractivity contribution in [3.05, 3.63) is 28.5 Å². The third kappa shape index (κ3) is 2.42. The molecule has 3 atom stereocenters. The van der Waals surface area contributed by atoms with Gasteiger partial charge in [-0.1, -0.05) is 18.5 Å². The number of fused-ring (bicyclic) bond motifs is 1. The molecular formula is C15H19ClN2O2. The van der Waals surface area contributed by atoms with Crippen molar-refractivity contribution in [3.63, 3.8) is 0 Å². The first kappa shape index (κ1) is 13.8. The standard InChI is InChI=1S/C15H19ClN2O2/c1-2-11-5-10(6-14(16)17-11)15(20)18-7-9-3-4-13(19)12(9)8-18/h5-6,9,12-13,19H,2-4,7-8H2,1H3. The van der Waals surface area contributed by atoms with Crippen molar-refractivity contribution in [1.82, 2.24) is 9.88 Å². The number of aliphatic hydroxyl groups excluding tert-OH is 1. The molecule has 2 aliphatic rings. The van der Waals surface area contributed by atoms with Gasteiger partial charge in [-0.2, -0.15) is 0 Å². The number of halogens is 1. The Morgan fingerprint density at radius 1 is 1.45 bits per heavy atom. The van der Waals surface area contributed by atoms with E-state index in [2.05, 4.69) is 4.98 Å². The fourth-order valence-electron chi connectivity index (χ4n) is 3.44. The number of amides is 1. The van der Waals surface area contributed by atoms with E-state index in [1.807, 2.05) is 17.9 Å². The lowest BCUT2D eigenvalue weighted by Gasteiger charge is -2.19. The molecule has 0 radical (unpaired) electrons. The van der Waals surface area contributed by atoms with Crippen molar-refractivity contribution in [2.45, 2.75) is 32.3 Å². The Morgan fingerprint density at radius 3 is 2.95 bits per heavy atom. The van der Waals surface area contributed by atoms with Crippen molar-refractivity contribution < 1.29 is 9.90 Å². The number of nitrogens with zero attached hydrogens (tertiary/aromatic N) is 2. The van der Waals surface area contributed by atoms with Crippen molar-refractivity contribution in [3.8, 4) is 0 Å². The molecule has 108 valence electrons. The predicted octanol–water partition coefficient (Wildman–Crippen LogP) is 2.14. The zero-order valence-electron chi connectivity index (χ0n) is 11.6. The Morgan fingerprint density at radius 2 is 2.25 bits per heavy atom. The number of aryl methyl sites for hydroxylation is 1. The summed E-state index contributed by atoms with van der Waals surface area (Å²) in [5.74, 6) is 0.712. The second-order valence-electron chi connectivity index (χ2n) is 5.80. The Balaban J connectivity index is 1.78. The second-order valence-corrected chi connectivity index (χ2v) is 6.19. The number of aliphatic hydroxyl groups is 1. The van der Waals surface area contributed by atoms with Crippen LogP contribution in [-0.2, 0) is 6.42 Å². The van der Waals surface area contributed by atoms with Gasteiger partial charge < -0.3 is 10.0 Å². The zero-order valence-corrected chi connectivity index (χ0v) is 12.3. The minimum absolute atomic E-state index is 0.00519. The van der Waals surface area contributed by atoms with Crippen LogP contribution in [0.25, 0.3) is 0 Å². The van der Waals surface area contributed by atoms with E-state index in [0.717, 1.165) is 31.5 Å². The van der Waals surface area contributed by atoms with E-state index in [0.29, 0.717) is 23.2 Å². The second kappa shape index (κ2) is 5.34. The van der Waals surface area contributed by atoms with E-state index in [9.17, 15) is 9.90 Å². The van der Waals surface area contributed by atoms with E-state index >= 15 is 0 Å². The zero-order chi connectivity index (χ0) is 14.3. The van der Waals surface area contributed by atoms with Crippen LogP contribution in [0.1, 0.15) is 35.8 Å². The molecule has 1 saturated carbocycles. The molecule has 1 saturated heterocycles. The van der Waals surface area contributed by atoms with Crippen LogP contribution in [-0.4, -0.2) is 40.1 Å². The van der Waals surface area contributed by atoms with Gasteiger partial charge in [-0.15, -0.1) is 0 Å². The summed E-state index contributed by atoms with van der Waals surface area (Å²) in [6.45, 7) is 3.40. The third-order valence-corrected chi connectivity index (χ3v) is 4.76. The van der Waals surface area contributed by atoms with Crippen molar-refractivity contribution >= 4 is 17.5 Å². The molecule has 5 heteroatoms. The SMILES string of the molecule is CCc1cc(C(=O)N2CC3CCC(O)C3C2)cc(Cl)n1. The highest BCUT2D eigenvalue weighted by Gasteiger charge is 2.43. The Labute approximate surface area is 123 Å². The lowest BCUT2D eigenvalue weighted by molar-refractivity contribution is 0.0752. The molecule has 1 aromatic heterocycles. The molecule has 1 N–H and O–H groups in total. The summed E-state index contributed by atoms with van der Waals surface area (Å²) in [4.78, 5) is 18.6. The molecule has 0 spiro atoms. The topological polar surface area (TPSA) is 53.4 Å². The number of rotatable bonds is 2. The number of hydrogen-bond acceptors (Lipinski definition) is 3. The average molecular weight is 295 g/mol. The van der Waals surface area contributed by atoms with Gasteiger partial charge in [0, 0.05) is 30.3 Å². The van der Waals surface area contributed by atoms with Crippen LogP contribution in [0.4, 0.5) is 0 Å². The molecule has 4 nitrogen and oxygen atoms in total. The van der Waals surface area contributed by atoms with Gasteiger partial charge in [0.2, 0.25) is 0 Å². The third-order valence-electron chi connectivity index (χ3n) is 4.56. The van der Waals surface area contributed by atoms with Crippen LogP contribution in [0, 0.1) is 11.8 Å². The van der Waals surface area contributed by atoms with Gasteiger partial charge >= 0.3 is 0 Å². The predicted molar refractivity (Wildman–Crippen MR) is 76.7 cm³/mol. The van der Waals surface area contributed by atoms with E-state index in [-0.39, 0.29) is 17.9 Å². The van der Waals surface area contributed by atoms with Gasteiger partial charge in [-0.05, 0) is 37.3 Å². The average Bonchev–Trinajstić information content (AvgIpc) is 3.00. The van der Waals surface area contributed by atoms with E-state index in [1.54, 1.807) is 6.07 Å². The van der Waals surface area contributed by atoms with E-state index in [1.165, 1.54) is 0 Å². The number of carbonyl (C=O) groups excluding carboxylic acids is 1. The fraction of sp³-hybridized carbons (Fsp3) is 0.600. The van der Waals surface area contributed by atoms with Gasteiger partial charge in [0.05, 0.1) is 6.10 Å². The molecule has 3 unspecified atom stereocenters. The monoisotopic (exact) mass is 294 g/mol. The molecule has 2 heterocycles. The Bertz CT molecular complexity index is 535. The molecule has 1 aliphatic heterocycles. The van der Waals surface area contributed by atoms with Gasteiger partial charge in [-0.25, -0.2) is 4.98 Å². The van der Waals surface area contributed by atoms with E-state index < -0.39 is 0 Å². The summed E-state index contributed by atoms with van der Waals surface area (Å²) in [5, 5.41) is 10.3. The smallest absolute Gasteiger partial charge is 0.254 e. The van der Waals surface area contributed by atoms with Crippen molar-refractivity contribution in [1.29, 1.82) is 0 Å². The molecule has 1 amide bonds. The summed E-state index contributed by atoms with van der Waals surface area (Å²) in [6, 6.07) is 3.45. The molecular weight excluding hydrogens is 276 g/mol. The van der Waals surface area contributed by atoms with Crippen LogP contribution in [0.2, 0.25) is 5.15 Å². The molecule has 2 fully saturated rings. The molecule has 0 bridgehead atoms. The summed E-state index contributed by atoms with van der Waals surface area (Å²) < 4.78 is 0. The minimum Gasteiger partial charge on any atom is -0.393 e.